The van der Waals surface area contributed by atoms with Crippen molar-refractivity contribution in [3.05, 3.63) is 150 Å². The molecule has 0 radical (unpaired) electrons. The van der Waals surface area contributed by atoms with E-state index in [-0.39, 0.29) is 19.0 Å². The fraction of sp³-hybridized carbons (Fsp3) is 0.262. The van der Waals surface area contributed by atoms with E-state index in [1.807, 2.05) is 103 Å². The van der Waals surface area contributed by atoms with Crippen molar-refractivity contribution in [2.24, 2.45) is 0 Å². The number of amides is 1. The Bertz CT molecular complexity index is 1950. The topological polar surface area (TPSA) is 103 Å². The summed E-state index contributed by atoms with van der Waals surface area (Å²) in [6.45, 7) is 2.75. The summed E-state index contributed by atoms with van der Waals surface area (Å²) < 4.78 is 25.0. The van der Waals surface area contributed by atoms with Crippen molar-refractivity contribution in [1.82, 2.24) is 14.9 Å². The number of hydrogen-bond donors (Lipinski definition) is 1. The van der Waals surface area contributed by atoms with Crippen LogP contribution in [-0.4, -0.2) is 64.6 Å². The summed E-state index contributed by atoms with van der Waals surface area (Å²) in [5, 5.41) is 12.2. The van der Waals surface area contributed by atoms with Gasteiger partial charge in [0.15, 0.2) is 0 Å². The summed E-state index contributed by atoms with van der Waals surface area (Å²) >= 11 is 0. The van der Waals surface area contributed by atoms with E-state index in [0.29, 0.717) is 33.0 Å². The van der Waals surface area contributed by atoms with Crippen molar-refractivity contribution in [3.8, 4) is 5.75 Å². The normalized spacial score (nSPS) is 17.5. The van der Waals surface area contributed by atoms with Crippen molar-refractivity contribution in [1.29, 1.82) is 0 Å². The highest BCUT2D eigenvalue weighted by Crippen LogP contribution is 2.35. The van der Waals surface area contributed by atoms with Crippen molar-refractivity contribution in [2.75, 3.05) is 26.3 Å². The van der Waals surface area contributed by atoms with Crippen molar-refractivity contribution < 1.29 is 28.8 Å². The molecule has 1 fully saturated rings. The maximum absolute atomic E-state index is 12.4. The quantitative estimate of drug-likeness (QED) is 0.115. The molecular weight excluding hydrogens is 642 g/mol. The summed E-state index contributed by atoms with van der Waals surface area (Å²) in [7, 11) is 0. The number of likely N-dealkylation sites (tertiary alicyclic amines) is 1. The van der Waals surface area contributed by atoms with Gasteiger partial charge in [-0.25, -0.2) is 4.79 Å². The van der Waals surface area contributed by atoms with Gasteiger partial charge in [0, 0.05) is 35.5 Å². The number of fused-ring (bicyclic) bond motifs is 2. The van der Waals surface area contributed by atoms with Gasteiger partial charge in [-0.15, -0.1) is 0 Å². The average Bonchev–Trinajstić information content (AvgIpc) is 3.18. The number of carboxylic acid groups (broad SMARTS) is 1. The van der Waals surface area contributed by atoms with Crippen LogP contribution in [0.25, 0.3) is 21.8 Å². The van der Waals surface area contributed by atoms with Crippen LogP contribution >= 0.6 is 0 Å². The van der Waals surface area contributed by atoms with Crippen LogP contribution in [0.1, 0.15) is 34.6 Å². The first-order chi connectivity index (χ1) is 25.1. The third-order valence-electron chi connectivity index (χ3n) is 9.22. The molecular formula is C42H41N3O6. The molecule has 2 aromatic heterocycles. The highest BCUT2D eigenvalue weighted by Gasteiger charge is 2.41. The molecule has 9 heteroatoms. The molecule has 1 N–H and O–H groups in total. The predicted molar refractivity (Wildman–Crippen MR) is 196 cm³/mol. The Morgan fingerprint density at radius 3 is 1.86 bits per heavy atom. The second-order valence-electron chi connectivity index (χ2n) is 12.8. The van der Waals surface area contributed by atoms with E-state index in [9.17, 15) is 9.90 Å². The van der Waals surface area contributed by atoms with Gasteiger partial charge in [0.25, 0.3) is 0 Å². The van der Waals surface area contributed by atoms with E-state index >= 15 is 0 Å². The molecule has 1 aliphatic heterocycles. The third kappa shape index (κ3) is 8.88. The second kappa shape index (κ2) is 16.6. The molecule has 0 unspecified atom stereocenters. The molecule has 1 aliphatic rings. The van der Waals surface area contributed by atoms with E-state index in [1.165, 1.54) is 4.90 Å². The molecule has 1 amide bonds. The third-order valence-corrected chi connectivity index (χ3v) is 9.22. The predicted octanol–water partition coefficient (Wildman–Crippen LogP) is 8.02. The number of piperidine rings is 1. The molecule has 3 heterocycles. The van der Waals surface area contributed by atoms with E-state index < -0.39 is 18.3 Å². The van der Waals surface area contributed by atoms with Crippen LogP contribution in [0.2, 0.25) is 0 Å². The molecule has 0 bridgehead atoms. The van der Waals surface area contributed by atoms with Crippen molar-refractivity contribution in [3.63, 3.8) is 0 Å². The molecule has 51 heavy (non-hydrogen) atoms. The molecule has 0 spiro atoms. The van der Waals surface area contributed by atoms with Gasteiger partial charge in [-0.2, -0.15) is 0 Å². The average molecular weight is 684 g/mol. The zero-order chi connectivity index (χ0) is 34.8. The minimum Gasteiger partial charge on any atom is -0.494 e. The molecule has 0 saturated carbocycles. The Morgan fingerprint density at radius 2 is 1.27 bits per heavy atom. The number of nitrogens with zero attached hydrogens (tertiary/aromatic N) is 3. The fourth-order valence-corrected chi connectivity index (χ4v) is 6.59. The minimum atomic E-state index is -1.00. The van der Waals surface area contributed by atoms with Gasteiger partial charge in [0.1, 0.15) is 5.75 Å². The zero-order valence-electron chi connectivity index (χ0n) is 28.3. The first-order valence-corrected chi connectivity index (χ1v) is 17.3. The molecule has 0 aliphatic carbocycles. The lowest BCUT2D eigenvalue weighted by molar-refractivity contribution is -0.0937. The second-order valence-corrected chi connectivity index (χ2v) is 12.8. The number of rotatable bonds is 14. The Hall–Kier alpha value is -5.35. The lowest BCUT2D eigenvalue weighted by Crippen LogP contribution is -2.54. The Kier molecular flexibility index (Phi) is 11.1. The highest BCUT2D eigenvalue weighted by molar-refractivity contribution is 5.79. The smallest absolute Gasteiger partial charge is 0.407 e. The van der Waals surface area contributed by atoms with Crippen LogP contribution in [0.3, 0.4) is 0 Å². The van der Waals surface area contributed by atoms with Crippen LogP contribution in [-0.2, 0) is 34.0 Å². The minimum absolute atomic E-state index is 0.215. The summed E-state index contributed by atoms with van der Waals surface area (Å²) in [6.07, 6.45) is 2.38. The maximum Gasteiger partial charge on any atom is 0.407 e. The standard InChI is InChI=1S/C42H41N3O6/c46-42(47)45-25-39(50-28-31-11-13-33-9-4-19-43-37(33)23-31)41(40(26-45)51-29-32-12-14-34-10-5-20-44-38(34)24-32)35-15-17-36(18-16-35)49-22-6-21-48-27-30-7-2-1-3-8-30/h1-5,7-20,23-24,39-41H,6,21-22,25-29H2,(H,46,47)/t39-,40+,41-. The van der Waals surface area contributed by atoms with E-state index in [4.69, 9.17) is 18.9 Å². The SMILES string of the molecule is O=C(O)N1C[C@H](OCc2ccc3cccnc3c2)[C@H](c2ccc(OCCCOCc3ccccc3)cc2)[C@H](OCc2ccc3cccnc3c2)C1. The maximum atomic E-state index is 12.4. The van der Waals surface area contributed by atoms with Crippen LogP contribution in [0, 0.1) is 0 Å². The summed E-state index contributed by atoms with van der Waals surface area (Å²) in [5.74, 6) is 0.519. The number of ether oxygens (including phenoxy) is 4. The van der Waals surface area contributed by atoms with Crippen LogP contribution in [0.5, 0.6) is 5.75 Å². The lowest BCUT2D eigenvalue weighted by atomic mass is 9.84. The first-order valence-electron chi connectivity index (χ1n) is 17.3. The van der Waals surface area contributed by atoms with E-state index in [1.54, 1.807) is 12.4 Å². The van der Waals surface area contributed by atoms with Crippen molar-refractivity contribution in [2.45, 2.75) is 44.4 Å². The number of carbonyl (C=O) groups is 1. The number of hydrogen-bond acceptors (Lipinski definition) is 7. The van der Waals surface area contributed by atoms with Gasteiger partial charge >= 0.3 is 6.09 Å². The Balaban J connectivity index is 1.06. The number of aromatic nitrogens is 2. The molecule has 4 aromatic carbocycles. The highest BCUT2D eigenvalue weighted by atomic mass is 16.5. The first kappa shape index (κ1) is 34.1. The summed E-state index contributed by atoms with van der Waals surface area (Å²) in [6, 6.07) is 38.1. The fourth-order valence-electron chi connectivity index (χ4n) is 6.59. The van der Waals surface area contributed by atoms with Gasteiger partial charge < -0.3 is 29.0 Å². The van der Waals surface area contributed by atoms with Crippen LogP contribution in [0.15, 0.2) is 128 Å². The van der Waals surface area contributed by atoms with Gasteiger partial charge in [-0.05, 0) is 58.7 Å². The van der Waals surface area contributed by atoms with Gasteiger partial charge in [0.2, 0.25) is 0 Å². The van der Waals surface area contributed by atoms with Crippen LogP contribution in [0.4, 0.5) is 4.79 Å². The monoisotopic (exact) mass is 683 g/mol. The molecule has 3 atom stereocenters. The summed E-state index contributed by atoms with van der Waals surface area (Å²) in [4.78, 5) is 22.8. The lowest BCUT2D eigenvalue weighted by Gasteiger charge is -2.42. The van der Waals surface area contributed by atoms with Gasteiger partial charge in [-0.3, -0.25) is 9.97 Å². The van der Waals surface area contributed by atoms with E-state index in [0.717, 1.165) is 56.2 Å². The van der Waals surface area contributed by atoms with Crippen molar-refractivity contribution >= 4 is 27.9 Å². The summed E-state index contributed by atoms with van der Waals surface area (Å²) in [5.41, 5.74) is 5.84. The molecule has 260 valence electrons. The Labute approximate surface area is 297 Å². The van der Waals surface area contributed by atoms with Crippen LogP contribution < -0.4 is 4.74 Å². The molecule has 9 nitrogen and oxygen atoms in total. The Morgan fingerprint density at radius 1 is 0.667 bits per heavy atom. The number of benzene rings is 4. The molecule has 6 aromatic rings. The zero-order valence-corrected chi connectivity index (χ0v) is 28.3. The van der Waals surface area contributed by atoms with Gasteiger partial charge in [0.05, 0.1) is 69.4 Å². The van der Waals surface area contributed by atoms with E-state index in [2.05, 4.69) is 22.1 Å². The largest absolute Gasteiger partial charge is 0.494 e. The number of pyridine rings is 2. The molecule has 7 rings (SSSR count). The van der Waals surface area contributed by atoms with Gasteiger partial charge in [-0.1, -0.05) is 78.9 Å². The molecule has 1 saturated heterocycles.